The van der Waals surface area contributed by atoms with Crippen LogP contribution in [0.2, 0.25) is 37.8 Å². The molecule has 2 atom stereocenters. The third-order valence-corrected chi connectivity index (χ3v) is 9.30. The molecular weight excluding hydrogens is 292 g/mol. The van der Waals surface area contributed by atoms with E-state index in [2.05, 4.69) is 71.5 Å². The minimum Gasteiger partial charge on any atom is -0.413 e. The maximum Gasteiger partial charge on any atom is 0.192 e. The second-order valence-electron chi connectivity index (χ2n) is 8.29. The number of hydrogen-bond donors (Lipinski definition) is 1. The minimum atomic E-state index is -1.85. The fraction of sp³-hybridized carbons (Fsp3) is 0.765. The number of aliphatic hydroxyl groups excluding tert-OH is 1. The number of rotatable bonds is 6. The summed E-state index contributed by atoms with van der Waals surface area (Å²) < 4.78 is 6.43. The molecule has 21 heavy (non-hydrogen) atoms. The van der Waals surface area contributed by atoms with Crippen molar-refractivity contribution in [1.82, 2.24) is 0 Å². The molecule has 0 aromatic heterocycles. The van der Waals surface area contributed by atoms with Crippen molar-refractivity contribution in [3.63, 3.8) is 0 Å². The van der Waals surface area contributed by atoms with Crippen LogP contribution in [0.1, 0.15) is 33.6 Å². The van der Waals surface area contributed by atoms with Gasteiger partial charge in [-0.3, -0.25) is 0 Å². The molecule has 2 nitrogen and oxygen atoms in total. The first-order chi connectivity index (χ1) is 9.28. The Labute approximate surface area is 134 Å². The van der Waals surface area contributed by atoms with Crippen molar-refractivity contribution in [3.05, 3.63) is 12.7 Å². The molecule has 0 spiro atoms. The van der Waals surface area contributed by atoms with Crippen molar-refractivity contribution in [2.75, 3.05) is 0 Å². The van der Waals surface area contributed by atoms with Crippen LogP contribution in [0.3, 0.4) is 0 Å². The molecule has 0 aliphatic rings. The van der Waals surface area contributed by atoms with E-state index in [0.29, 0.717) is 12.8 Å². The van der Waals surface area contributed by atoms with Gasteiger partial charge in [0.05, 0.1) is 12.2 Å². The van der Waals surface area contributed by atoms with Crippen molar-refractivity contribution in [2.24, 2.45) is 0 Å². The summed E-state index contributed by atoms with van der Waals surface area (Å²) in [7, 11) is -3.20. The van der Waals surface area contributed by atoms with Crippen molar-refractivity contribution in [1.29, 1.82) is 0 Å². The highest BCUT2D eigenvalue weighted by molar-refractivity contribution is 6.83. The summed E-state index contributed by atoms with van der Waals surface area (Å²) in [6.45, 7) is 21.5. The van der Waals surface area contributed by atoms with Gasteiger partial charge in [-0.05, 0) is 18.1 Å². The SMILES string of the molecule is C=C[C@@H](O)C[C@@H](CC#C[Si](C)(C)C)O[Si](C)(C)C(C)(C)C. The van der Waals surface area contributed by atoms with Gasteiger partial charge in [0.15, 0.2) is 8.32 Å². The molecule has 0 aromatic rings. The first-order valence-electron chi connectivity index (χ1n) is 7.77. The molecule has 0 aliphatic heterocycles. The Balaban J connectivity index is 4.98. The Kier molecular flexibility index (Phi) is 7.65. The van der Waals surface area contributed by atoms with Crippen molar-refractivity contribution >= 4 is 16.4 Å². The van der Waals surface area contributed by atoms with E-state index in [1.807, 2.05) is 0 Å². The summed E-state index contributed by atoms with van der Waals surface area (Å²) >= 11 is 0. The van der Waals surface area contributed by atoms with Crippen LogP contribution in [0.4, 0.5) is 0 Å². The standard InChI is InChI=1S/C17H34O2Si2/c1-10-15(18)14-16(12-11-13-20(5,6)7)19-21(8,9)17(2,3)4/h10,15-16,18H,1,12,14H2,2-9H3/t15-,16-/m1/s1. The topological polar surface area (TPSA) is 29.5 Å². The quantitative estimate of drug-likeness (QED) is 0.439. The summed E-state index contributed by atoms with van der Waals surface area (Å²) in [5.74, 6) is 3.29. The fourth-order valence-electron chi connectivity index (χ4n) is 1.56. The first kappa shape index (κ1) is 20.7. The molecule has 0 radical (unpaired) electrons. The Morgan fingerprint density at radius 1 is 1.19 bits per heavy atom. The minimum absolute atomic E-state index is 0.0114. The summed E-state index contributed by atoms with van der Waals surface area (Å²) in [5.41, 5.74) is 3.38. The molecule has 0 saturated carbocycles. The number of hydrogen-bond acceptors (Lipinski definition) is 2. The molecule has 0 amide bonds. The second kappa shape index (κ2) is 7.78. The Morgan fingerprint density at radius 2 is 1.71 bits per heavy atom. The van der Waals surface area contributed by atoms with Gasteiger partial charge in [-0.2, -0.15) is 0 Å². The molecule has 122 valence electrons. The Bertz CT molecular complexity index is 392. The van der Waals surface area contributed by atoms with E-state index < -0.39 is 22.5 Å². The summed E-state index contributed by atoms with van der Waals surface area (Å²) in [5, 5.41) is 10.0. The average molecular weight is 327 g/mol. The van der Waals surface area contributed by atoms with Crippen LogP contribution >= 0.6 is 0 Å². The molecule has 0 fully saturated rings. The second-order valence-corrected chi connectivity index (χ2v) is 17.8. The molecule has 0 aromatic carbocycles. The largest absolute Gasteiger partial charge is 0.413 e. The van der Waals surface area contributed by atoms with E-state index in [1.54, 1.807) is 6.08 Å². The smallest absolute Gasteiger partial charge is 0.192 e. The maximum absolute atomic E-state index is 9.87. The lowest BCUT2D eigenvalue weighted by molar-refractivity contribution is 0.113. The normalized spacial score (nSPS) is 15.9. The molecule has 0 aliphatic carbocycles. The highest BCUT2D eigenvalue weighted by atomic mass is 28.4. The average Bonchev–Trinajstić information content (AvgIpc) is 2.24. The lowest BCUT2D eigenvalue weighted by atomic mass is 10.1. The summed E-state index contributed by atoms with van der Waals surface area (Å²) in [6, 6.07) is 0. The zero-order valence-electron chi connectivity index (χ0n) is 15.2. The van der Waals surface area contributed by atoms with Crippen LogP contribution in [0.5, 0.6) is 0 Å². The van der Waals surface area contributed by atoms with E-state index >= 15 is 0 Å². The zero-order chi connectivity index (χ0) is 16.9. The Hall–Kier alpha value is -0.346. The molecule has 0 heterocycles. The third kappa shape index (κ3) is 8.62. The maximum atomic E-state index is 9.87. The van der Waals surface area contributed by atoms with Gasteiger partial charge < -0.3 is 9.53 Å². The van der Waals surface area contributed by atoms with E-state index in [-0.39, 0.29) is 11.1 Å². The van der Waals surface area contributed by atoms with Crippen LogP contribution in [-0.2, 0) is 4.43 Å². The zero-order valence-corrected chi connectivity index (χ0v) is 17.2. The van der Waals surface area contributed by atoms with Gasteiger partial charge in [0, 0.05) is 12.8 Å². The Morgan fingerprint density at radius 3 is 2.10 bits per heavy atom. The van der Waals surface area contributed by atoms with Gasteiger partial charge in [-0.15, -0.1) is 18.0 Å². The van der Waals surface area contributed by atoms with Crippen LogP contribution < -0.4 is 0 Å². The van der Waals surface area contributed by atoms with E-state index in [1.165, 1.54) is 0 Å². The van der Waals surface area contributed by atoms with Gasteiger partial charge in [0.1, 0.15) is 8.07 Å². The van der Waals surface area contributed by atoms with E-state index in [9.17, 15) is 5.11 Å². The first-order valence-corrected chi connectivity index (χ1v) is 14.2. The van der Waals surface area contributed by atoms with Crippen molar-refractivity contribution < 1.29 is 9.53 Å². The van der Waals surface area contributed by atoms with Gasteiger partial charge in [-0.1, -0.05) is 46.5 Å². The van der Waals surface area contributed by atoms with Crippen LogP contribution in [0.15, 0.2) is 12.7 Å². The van der Waals surface area contributed by atoms with Crippen molar-refractivity contribution in [2.45, 2.75) is 83.6 Å². The monoisotopic (exact) mass is 326 g/mol. The van der Waals surface area contributed by atoms with Gasteiger partial charge >= 0.3 is 0 Å². The molecule has 0 rings (SSSR count). The van der Waals surface area contributed by atoms with Gasteiger partial charge in [-0.25, -0.2) is 0 Å². The van der Waals surface area contributed by atoms with Gasteiger partial charge in [0.2, 0.25) is 0 Å². The highest BCUT2D eigenvalue weighted by Crippen LogP contribution is 2.38. The molecule has 0 saturated heterocycles. The van der Waals surface area contributed by atoms with E-state index in [0.717, 1.165) is 0 Å². The molecule has 1 N–H and O–H groups in total. The fourth-order valence-corrected chi connectivity index (χ4v) is 3.56. The van der Waals surface area contributed by atoms with Crippen LogP contribution in [-0.4, -0.2) is 33.7 Å². The van der Waals surface area contributed by atoms with Crippen LogP contribution in [0.25, 0.3) is 0 Å². The predicted octanol–water partition coefficient (Wildman–Crippen LogP) is 4.58. The third-order valence-electron chi connectivity index (χ3n) is 3.84. The highest BCUT2D eigenvalue weighted by Gasteiger charge is 2.39. The van der Waals surface area contributed by atoms with E-state index in [4.69, 9.17) is 4.43 Å². The lowest BCUT2D eigenvalue weighted by Crippen LogP contribution is -2.44. The summed E-state index contributed by atoms with van der Waals surface area (Å²) in [6.07, 6.45) is 2.32. The molecule has 0 bridgehead atoms. The van der Waals surface area contributed by atoms with Gasteiger partial charge in [0.25, 0.3) is 0 Å². The number of aliphatic hydroxyl groups is 1. The molecule has 0 unspecified atom stereocenters. The van der Waals surface area contributed by atoms with Crippen molar-refractivity contribution in [3.8, 4) is 11.5 Å². The van der Waals surface area contributed by atoms with Crippen LogP contribution in [0, 0.1) is 11.5 Å². The molecule has 4 heteroatoms. The molecular formula is C17H34O2Si2. The lowest BCUT2D eigenvalue weighted by Gasteiger charge is -2.39. The summed E-state index contributed by atoms with van der Waals surface area (Å²) in [4.78, 5) is 0. The predicted molar refractivity (Wildman–Crippen MR) is 98.6 cm³/mol.